The van der Waals surface area contributed by atoms with Crippen LogP contribution in [0, 0.1) is 6.08 Å². The maximum absolute atomic E-state index is 8.65. The Morgan fingerprint density at radius 3 is 1.28 bits per heavy atom. The third-order valence-electron chi connectivity index (χ3n) is 18.2. The molecular weight excluding hydrogens is 1300 g/mol. The van der Waals surface area contributed by atoms with Gasteiger partial charge in [-0.3, -0.25) is 4.57 Å². The molecule has 0 bridgehead atoms. The molecule has 0 saturated heterocycles. The fourth-order valence-corrected chi connectivity index (χ4v) is 13.7. The Bertz CT molecular complexity index is 7080. The van der Waals surface area contributed by atoms with E-state index in [1.54, 1.807) is 24.3 Å². The van der Waals surface area contributed by atoms with E-state index in [-0.39, 0.29) is 46.5 Å². The quantitative estimate of drug-likeness (QED) is 0.0999. The third-order valence-corrected chi connectivity index (χ3v) is 18.4. The van der Waals surface area contributed by atoms with Gasteiger partial charge in [0.05, 0.1) is 52.4 Å². The molecule has 0 radical (unpaired) electrons. The number of hydrogen-bond donors (Lipinski definition) is 2. The lowest BCUT2D eigenvalue weighted by Gasteiger charge is -2.11. The van der Waals surface area contributed by atoms with Crippen LogP contribution in [0.5, 0.6) is 0 Å². The van der Waals surface area contributed by atoms with Crippen molar-refractivity contribution in [3.05, 3.63) is 344 Å². The first kappa shape index (κ1) is 52.5. The minimum Gasteiger partial charge on any atom is -0.455 e. The molecule has 0 amide bonds. The second kappa shape index (κ2) is 26.9. The van der Waals surface area contributed by atoms with Crippen molar-refractivity contribution in [3.63, 3.8) is 0 Å². The first-order chi connectivity index (χ1) is 55.4. The van der Waals surface area contributed by atoms with Crippen LogP contribution in [-0.4, -0.2) is 56.2 Å². The van der Waals surface area contributed by atoms with E-state index in [0.29, 0.717) is 61.1 Å². The summed E-state index contributed by atoms with van der Waals surface area (Å²) in [6.45, 7) is 0. The molecule has 6 aromatic heterocycles. The van der Waals surface area contributed by atoms with Gasteiger partial charge in [0.1, 0.15) is 34.5 Å². The van der Waals surface area contributed by atoms with Crippen molar-refractivity contribution in [2.45, 2.75) is 0 Å². The van der Waals surface area contributed by atoms with Gasteiger partial charge in [-0.25, -0.2) is 29.9 Å². The van der Waals surface area contributed by atoms with E-state index in [1.165, 1.54) is 10.8 Å². The average molecular weight is 1370 g/mol. The Labute approximate surface area is 615 Å². The van der Waals surface area contributed by atoms with E-state index in [0.717, 1.165) is 82.8 Å². The highest BCUT2D eigenvalue weighted by atomic mass is 35.5. The zero-order chi connectivity index (χ0) is 78.3. The van der Waals surface area contributed by atoms with Crippen molar-refractivity contribution in [1.82, 2.24) is 39.0 Å². The van der Waals surface area contributed by atoms with Crippen molar-refractivity contribution in [1.29, 1.82) is 0 Å². The van der Waals surface area contributed by atoms with Crippen molar-refractivity contribution in [2.75, 3.05) is 0 Å². The number of para-hydroxylation sites is 3. The summed E-state index contributed by atoms with van der Waals surface area (Å²) in [5, 5.41) is 24.6. The Morgan fingerprint density at radius 2 is 0.779 bits per heavy atom. The monoisotopic (exact) mass is 1370 g/mol. The van der Waals surface area contributed by atoms with Crippen LogP contribution in [0.1, 0.15) is 25.0 Å². The van der Waals surface area contributed by atoms with E-state index in [2.05, 4.69) is 121 Å². The first-order valence-corrected chi connectivity index (χ1v) is 33.6. The Morgan fingerprint density at radius 1 is 0.365 bits per heavy atom. The number of hydrogen-bond acceptors (Lipinski definition) is 10. The maximum Gasteiger partial charge on any atom is 0.488 e. The number of furan rings is 2. The summed E-state index contributed by atoms with van der Waals surface area (Å²) in [5.74, 6) is 1.06. The number of rotatable bonds is 10. The van der Waals surface area contributed by atoms with Gasteiger partial charge in [0.15, 0.2) is 46.2 Å². The minimum atomic E-state index is -1.34. The zero-order valence-corrected chi connectivity index (χ0v) is 55.5. The zero-order valence-electron chi connectivity index (χ0n) is 64.7. The van der Waals surface area contributed by atoms with Crippen LogP contribution in [0.3, 0.4) is 0 Å². The molecule has 12 nitrogen and oxygen atoms in total. The van der Waals surface area contributed by atoms with E-state index >= 15 is 0 Å². The van der Waals surface area contributed by atoms with Gasteiger partial charge in [-0.15, -0.1) is 0 Å². The SMILES string of the molecule is OB(O)c1ccccc1.[2H]c1c([2H])c([2H])c(-c2nc(-c3ccccc3)nc(-c3ccc4c(c3)oc3c(-c5ccccc5)cc(-n5c6ccccc6c6ccccc65)cc34)n2)c([2H])c1[2H].[2H]c1c([2H])c([2H])c(-c2nc(-c3ccccc3)nc(-c3ccc4c(c3)oc3c(Cl)cc(-n5c6c(c7ccccc75)C=[C+]C=C6)cc34)n2)c([2H])c1[2H]. The molecule has 0 unspecified atom stereocenters. The number of benzene rings is 13. The molecule has 13 aromatic carbocycles. The summed E-state index contributed by atoms with van der Waals surface area (Å²) in [4.78, 5) is 28.2. The highest BCUT2D eigenvalue weighted by Gasteiger charge is 2.26. The van der Waals surface area contributed by atoms with Gasteiger partial charge in [-0.05, 0) is 83.8 Å². The number of allylic oxidation sites excluding steroid dienone is 2. The van der Waals surface area contributed by atoms with E-state index in [4.69, 9.17) is 59.1 Å². The topological polar surface area (TPSA) is 154 Å². The van der Waals surface area contributed by atoms with Crippen LogP contribution < -0.4 is 5.46 Å². The lowest BCUT2D eigenvalue weighted by molar-refractivity contribution is 0.426. The molecule has 0 aliphatic heterocycles. The molecule has 0 fully saturated rings. The molecule has 0 saturated carbocycles. The number of fused-ring (bicyclic) bond motifs is 12. The third kappa shape index (κ3) is 11.7. The molecule has 1 aliphatic rings. The molecule has 6 heterocycles. The van der Waals surface area contributed by atoms with Crippen LogP contribution in [0.2, 0.25) is 5.02 Å². The molecule has 490 valence electrons. The lowest BCUT2D eigenvalue weighted by atomic mass is 9.81. The number of halogens is 1. The second-order valence-corrected chi connectivity index (χ2v) is 24.9. The Kier molecular flexibility index (Phi) is 13.6. The molecule has 1 aliphatic carbocycles. The fraction of sp³-hybridized carbons (Fsp3) is 0. The summed E-state index contributed by atoms with van der Waals surface area (Å²) >= 11 is 6.93. The standard InChI is InChI=1S/C45H28N4O.C39H22ClN4O.C6H7BO2/c1-4-14-29(15-5-1)37-27-33(49-39-22-12-10-20-34(39)35-21-11-13-23-40(35)49)28-38-36-25-24-32(26-41(36)50-42(37)38)45-47-43(30-16-6-2-7-17-30)46-44(48-45)31-18-8-3-9-19-31;40-32-23-27(44-33-17-9-7-15-28(33)29-16-8-10-18-34(29)44)22-31-30-20-19-26(21-35(30)45-36(31)32)39-42-37(24-11-3-1-4-12-24)41-38(43-39)25-13-5-2-6-14-25;8-7(9)6-4-2-1-3-5-6/h1-28H;1-7,9-23H;1-5,8-9H/q;+1;/i2D,6D,7D,16D,17D;1D,3D,4D,11D,12D;. The highest BCUT2D eigenvalue weighted by Crippen LogP contribution is 2.44. The molecule has 14 heteroatoms. The second-order valence-electron chi connectivity index (χ2n) is 24.5. The minimum absolute atomic E-state index is 0.0206. The summed E-state index contributed by atoms with van der Waals surface area (Å²) in [5.41, 5.74) is 14.6. The molecular formula is C90H57BClN8O4+. The van der Waals surface area contributed by atoms with Gasteiger partial charge < -0.3 is 23.4 Å². The molecule has 0 atom stereocenters. The largest absolute Gasteiger partial charge is 0.488 e. The molecule has 19 aromatic rings. The van der Waals surface area contributed by atoms with E-state index in [1.807, 2.05) is 158 Å². The molecule has 0 spiro atoms. The van der Waals surface area contributed by atoms with Crippen molar-refractivity contribution in [2.24, 2.45) is 0 Å². The van der Waals surface area contributed by atoms with Gasteiger partial charge in [0.25, 0.3) is 0 Å². The Hall–Kier alpha value is -13.5. The average Bonchev–Trinajstić information content (AvgIpc) is 1.56. The van der Waals surface area contributed by atoms with Crippen molar-refractivity contribution in [3.8, 4) is 90.8 Å². The smallest absolute Gasteiger partial charge is 0.455 e. The summed E-state index contributed by atoms with van der Waals surface area (Å²) in [6.07, 6.45) is 9.14. The van der Waals surface area contributed by atoms with Gasteiger partial charge in [-0.1, -0.05) is 254 Å². The summed E-state index contributed by atoms with van der Waals surface area (Å²) in [6, 6.07) is 77.9. The molecule has 104 heavy (non-hydrogen) atoms. The normalized spacial score (nSPS) is 13.0. The fourth-order valence-electron chi connectivity index (χ4n) is 13.4. The predicted octanol–water partition coefficient (Wildman–Crippen LogP) is 21.1. The lowest BCUT2D eigenvalue weighted by Crippen LogP contribution is -2.29. The van der Waals surface area contributed by atoms with Gasteiger partial charge in [-0.2, -0.15) is 0 Å². The van der Waals surface area contributed by atoms with Crippen molar-refractivity contribution < 1.29 is 32.6 Å². The molecule has 2 N–H and O–H groups in total. The van der Waals surface area contributed by atoms with Crippen LogP contribution in [-0.2, 0) is 0 Å². The van der Waals surface area contributed by atoms with Crippen LogP contribution in [0.15, 0.2) is 330 Å². The summed E-state index contributed by atoms with van der Waals surface area (Å²) < 4.78 is 101. The van der Waals surface area contributed by atoms with E-state index < -0.39 is 55.5 Å². The van der Waals surface area contributed by atoms with Crippen molar-refractivity contribution >= 4 is 113 Å². The number of nitrogens with zero attached hydrogens (tertiary/aromatic N) is 8. The van der Waals surface area contributed by atoms with E-state index in [9.17, 15) is 0 Å². The molecule has 20 rings (SSSR count). The maximum atomic E-state index is 8.65. The van der Waals surface area contributed by atoms with Gasteiger partial charge in [0.2, 0.25) is 0 Å². The first-order valence-electron chi connectivity index (χ1n) is 38.2. The van der Waals surface area contributed by atoms with Crippen LogP contribution >= 0.6 is 11.6 Å². The highest BCUT2D eigenvalue weighted by molar-refractivity contribution is 6.58. The predicted molar refractivity (Wildman–Crippen MR) is 421 cm³/mol. The van der Waals surface area contributed by atoms with Crippen LogP contribution in [0.25, 0.3) is 180 Å². The number of aromatic nitrogens is 8. The van der Waals surface area contributed by atoms with Crippen LogP contribution in [0.4, 0.5) is 0 Å². The van der Waals surface area contributed by atoms with Gasteiger partial charge >= 0.3 is 7.12 Å². The Balaban J connectivity index is 0.000000143. The van der Waals surface area contributed by atoms with Gasteiger partial charge in [0, 0.05) is 83.0 Å². The summed E-state index contributed by atoms with van der Waals surface area (Å²) in [7, 11) is -1.34.